The lowest BCUT2D eigenvalue weighted by atomic mass is 10.1. The summed E-state index contributed by atoms with van der Waals surface area (Å²) in [6.07, 6.45) is 0.739. The molecule has 1 aromatic heterocycles. The first-order chi connectivity index (χ1) is 14.5. The lowest BCUT2D eigenvalue weighted by Crippen LogP contribution is -2.46. The molecule has 8 nitrogen and oxygen atoms in total. The number of amides is 1. The van der Waals surface area contributed by atoms with E-state index >= 15 is 0 Å². The SMILES string of the molecule is CCOC(=O)N1CCC(NS(=O)(=O)c2ccc3nc(-c4ccccc4)[nH]c3c2)CC1. The fourth-order valence-corrected chi connectivity index (χ4v) is 4.90. The molecule has 0 unspecified atom stereocenters. The highest BCUT2D eigenvalue weighted by atomic mass is 32.2. The monoisotopic (exact) mass is 428 g/mol. The molecule has 3 aromatic rings. The number of ether oxygens (including phenoxy) is 1. The van der Waals surface area contributed by atoms with Gasteiger partial charge >= 0.3 is 6.09 Å². The summed E-state index contributed by atoms with van der Waals surface area (Å²) in [5.74, 6) is 0.694. The maximum Gasteiger partial charge on any atom is 0.409 e. The van der Waals surface area contributed by atoms with Crippen LogP contribution in [0.15, 0.2) is 53.4 Å². The van der Waals surface area contributed by atoms with Crippen molar-refractivity contribution in [2.45, 2.75) is 30.7 Å². The second-order valence-corrected chi connectivity index (χ2v) is 8.93. The van der Waals surface area contributed by atoms with Gasteiger partial charge in [0.15, 0.2) is 0 Å². The van der Waals surface area contributed by atoms with E-state index in [4.69, 9.17) is 4.74 Å². The van der Waals surface area contributed by atoms with Gasteiger partial charge in [-0.25, -0.2) is 22.9 Å². The van der Waals surface area contributed by atoms with Crippen molar-refractivity contribution in [2.75, 3.05) is 19.7 Å². The van der Waals surface area contributed by atoms with Crippen molar-refractivity contribution >= 4 is 27.1 Å². The molecular formula is C21H24N4O4S. The van der Waals surface area contributed by atoms with E-state index in [1.807, 2.05) is 30.3 Å². The van der Waals surface area contributed by atoms with Gasteiger partial charge in [-0.05, 0) is 38.0 Å². The molecule has 0 radical (unpaired) electrons. The molecule has 9 heteroatoms. The number of aromatic nitrogens is 2. The number of fused-ring (bicyclic) bond motifs is 1. The zero-order valence-corrected chi connectivity index (χ0v) is 17.5. The second-order valence-electron chi connectivity index (χ2n) is 7.21. The Balaban J connectivity index is 1.47. The van der Waals surface area contributed by atoms with Crippen molar-refractivity contribution in [1.82, 2.24) is 19.6 Å². The van der Waals surface area contributed by atoms with E-state index in [1.54, 1.807) is 30.0 Å². The zero-order chi connectivity index (χ0) is 21.1. The number of piperidine rings is 1. The zero-order valence-electron chi connectivity index (χ0n) is 16.7. The van der Waals surface area contributed by atoms with E-state index in [9.17, 15) is 13.2 Å². The number of hydrogen-bond donors (Lipinski definition) is 2. The van der Waals surface area contributed by atoms with E-state index in [2.05, 4.69) is 14.7 Å². The molecule has 2 aromatic carbocycles. The Hall–Kier alpha value is -2.91. The molecule has 30 heavy (non-hydrogen) atoms. The number of aromatic amines is 1. The molecule has 2 heterocycles. The molecule has 1 saturated heterocycles. The molecule has 0 aliphatic carbocycles. The van der Waals surface area contributed by atoms with Crippen molar-refractivity contribution in [3.8, 4) is 11.4 Å². The van der Waals surface area contributed by atoms with Gasteiger partial charge in [0, 0.05) is 24.7 Å². The summed E-state index contributed by atoms with van der Waals surface area (Å²) in [7, 11) is -3.69. The van der Waals surface area contributed by atoms with Crippen LogP contribution in [0.3, 0.4) is 0 Å². The highest BCUT2D eigenvalue weighted by Gasteiger charge is 2.27. The minimum atomic E-state index is -3.69. The number of likely N-dealkylation sites (tertiary alicyclic amines) is 1. The summed E-state index contributed by atoms with van der Waals surface area (Å²) in [6, 6.07) is 14.3. The molecule has 2 N–H and O–H groups in total. The molecule has 1 fully saturated rings. The minimum Gasteiger partial charge on any atom is -0.450 e. The second kappa shape index (κ2) is 8.45. The van der Waals surface area contributed by atoms with Crippen LogP contribution < -0.4 is 4.72 Å². The van der Waals surface area contributed by atoms with Crippen LogP contribution in [-0.2, 0) is 14.8 Å². The number of sulfonamides is 1. The number of nitrogens with one attached hydrogen (secondary N) is 2. The summed E-state index contributed by atoms with van der Waals surface area (Å²) in [6.45, 7) is 3.02. The lowest BCUT2D eigenvalue weighted by Gasteiger charge is -2.31. The molecule has 1 amide bonds. The molecule has 1 aliphatic rings. The van der Waals surface area contributed by atoms with Gasteiger partial charge in [-0.1, -0.05) is 30.3 Å². The molecule has 4 rings (SSSR count). The first-order valence-corrected chi connectivity index (χ1v) is 11.4. The van der Waals surface area contributed by atoms with Crippen LogP contribution in [0.2, 0.25) is 0 Å². The fourth-order valence-electron chi connectivity index (χ4n) is 3.57. The molecule has 1 aliphatic heterocycles. The third-order valence-corrected chi connectivity index (χ3v) is 6.67. The fraction of sp³-hybridized carbons (Fsp3) is 0.333. The predicted molar refractivity (Wildman–Crippen MR) is 113 cm³/mol. The predicted octanol–water partition coefficient (Wildman–Crippen LogP) is 3.13. The molecule has 0 saturated carbocycles. The van der Waals surface area contributed by atoms with Crippen LogP contribution in [0.5, 0.6) is 0 Å². The molecule has 158 valence electrons. The van der Waals surface area contributed by atoms with Gasteiger partial charge in [0.25, 0.3) is 0 Å². The van der Waals surface area contributed by atoms with Crippen LogP contribution in [0.1, 0.15) is 19.8 Å². The third-order valence-electron chi connectivity index (χ3n) is 5.15. The normalized spacial score (nSPS) is 15.4. The van der Waals surface area contributed by atoms with Gasteiger partial charge < -0.3 is 14.6 Å². The summed E-state index contributed by atoms with van der Waals surface area (Å²) in [4.78, 5) is 21.3. The minimum absolute atomic E-state index is 0.186. The van der Waals surface area contributed by atoms with Crippen molar-refractivity contribution in [3.05, 3.63) is 48.5 Å². The number of rotatable bonds is 5. The van der Waals surface area contributed by atoms with Crippen LogP contribution in [0, 0.1) is 0 Å². The maximum absolute atomic E-state index is 12.9. The average molecular weight is 429 g/mol. The Labute approximate surface area is 175 Å². The van der Waals surface area contributed by atoms with Crippen LogP contribution in [0.4, 0.5) is 4.79 Å². The van der Waals surface area contributed by atoms with E-state index in [0.29, 0.717) is 49.4 Å². The first kappa shape index (κ1) is 20.4. The first-order valence-electron chi connectivity index (χ1n) is 9.95. The van der Waals surface area contributed by atoms with E-state index in [0.717, 1.165) is 5.56 Å². The van der Waals surface area contributed by atoms with E-state index in [-0.39, 0.29) is 17.0 Å². The smallest absolute Gasteiger partial charge is 0.409 e. The highest BCUT2D eigenvalue weighted by molar-refractivity contribution is 7.89. The van der Waals surface area contributed by atoms with Crippen molar-refractivity contribution in [3.63, 3.8) is 0 Å². The standard InChI is InChI=1S/C21H24N4O4S/c1-2-29-21(26)25-12-10-16(11-13-25)24-30(27,28)17-8-9-18-19(14-17)23-20(22-18)15-6-4-3-5-7-15/h3-9,14,16,24H,2,10-13H2,1H3,(H,22,23). The number of carbonyl (C=O) groups excluding carboxylic acids is 1. The van der Waals surface area contributed by atoms with Gasteiger partial charge in [-0.15, -0.1) is 0 Å². The molecule has 0 spiro atoms. The van der Waals surface area contributed by atoms with Crippen LogP contribution >= 0.6 is 0 Å². The quantitative estimate of drug-likeness (QED) is 0.650. The van der Waals surface area contributed by atoms with Gasteiger partial charge in [0.1, 0.15) is 5.82 Å². The van der Waals surface area contributed by atoms with Gasteiger partial charge in [-0.3, -0.25) is 0 Å². The number of hydrogen-bond acceptors (Lipinski definition) is 5. The Morgan fingerprint density at radius 3 is 2.63 bits per heavy atom. The molecule has 0 atom stereocenters. The molecular weight excluding hydrogens is 404 g/mol. The highest BCUT2D eigenvalue weighted by Crippen LogP contribution is 2.23. The topological polar surface area (TPSA) is 104 Å². The number of benzene rings is 2. The number of nitrogens with zero attached hydrogens (tertiary/aromatic N) is 2. The van der Waals surface area contributed by atoms with Crippen molar-refractivity contribution in [2.24, 2.45) is 0 Å². The summed E-state index contributed by atoms with van der Waals surface area (Å²) in [5, 5.41) is 0. The number of imidazole rings is 1. The summed E-state index contributed by atoms with van der Waals surface area (Å²) < 4.78 is 33.5. The Morgan fingerprint density at radius 1 is 1.20 bits per heavy atom. The van der Waals surface area contributed by atoms with E-state index < -0.39 is 10.0 Å². The largest absolute Gasteiger partial charge is 0.450 e. The Morgan fingerprint density at radius 2 is 1.93 bits per heavy atom. The van der Waals surface area contributed by atoms with Gasteiger partial charge in [0.05, 0.1) is 22.5 Å². The number of carbonyl (C=O) groups is 1. The maximum atomic E-state index is 12.9. The third kappa shape index (κ3) is 4.31. The van der Waals surface area contributed by atoms with Crippen molar-refractivity contribution < 1.29 is 17.9 Å². The van der Waals surface area contributed by atoms with Crippen LogP contribution in [0.25, 0.3) is 22.4 Å². The molecule has 0 bridgehead atoms. The summed E-state index contributed by atoms with van der Waals surface area (Å²) >= 11 is 0. The Kier molecular flexibility index (Phi) is 5.74. The number of H-pyrrole nitrogens is 1. The van der Waals surface area contributed by atoms with Gasteiger partial charge in [-0.2, -0.15) is 0 Å². The average Bonchev–Trinajstić information content (AvgIpc) is 3.18. The van der Waals surface area contributed by atoms with E-state index in [1.165, 1.54) is 0 Å². The van der Waals surface area contributed by atoms with Crippen molar-refractivity contribution in [1.29, 1.82) is 0 Å². The Bertz CT molecular complexity index is 1140. The van der Waals surface area contributed by atoms with Crippen LogP contribution in [-0.4, -0.2) is 55.1 Å². The van der Waals surface area contributed by atoms with Gasteiger partial charge in [0.2, 0.25) is 10.0 Å². The lowest BCUT2D eigenvalue weighted by molar-refractivity contribution is 0.0966. The summed E-state index contributed by atoms with van der Waals surface area (Å²) in [5.41, 5.74) is 2.30.